The molecule has 0 aliphatic rings. The molecule has 1 amide bonds. The summed E-state index contributed by atoms with van der Waals surface area (Å²) in [6.45, 7) is 5.71. The number of hydrogen-bond donors (Lipinski definition) is 0. The molecule has 0 aliphatic heterocycles. The maximum atomic E-state index is 12.2. The molecule has 0 spiro atoms. The van der Waals surface area contributed by atoms with Crippen molar-refractivity contribution < 1.29 is 4.79 Å². The van der Waals surface area contributed by atoms with Gasteiger partial charge >= 0.3 is 0 Å². The highest BCUT2D eigenvalue weighted by Gasteiger charge is 2.30. The standard InChI is InChI=1S/C13H18ClNO/c1-10-7-5-6-8-11(10)15(4)12(16)13(2,3)9-14/h5-8H,9H2,1-4H3. The van der Waals surface area contributed by atoms with Crippen LogP contribution in [0.3, 0.4) is 0 Å². The first-order valence-corrected chi connectivity index (χ1v) is 5.83. The molecule has 0 fully saturated rings. The molecular weight excluding hydrogens is 222 g/mol. The Morgan fingerprint density at radius 2 is 1.94 bits per heavy atom. The van der Waals surface area contributed by atoms with Gasteiger partial charge in [-0.25, -0.2) is 0 Å². The van der Waals surface area contributed by atoms with E-state index in [1.54, 1.807) is 11.9 Å². The van der Waals surface area contributed by atoms with Gasteiger partial charge in [-0.15, -0.1) is 11.6 Å². The van der Waals surface area contributed by atoms with E-state index in [-0.39, 0.29) is 5.91 Å². The Labute approximate surface area is 102 Å². The van der Waals surface area contributed by atoms with Gasteiger partial charge in [0.05, 0.1) is 5.41 Å². The van der Waals surface area contributed by atoms with E-state index in [0.717, 1.165) is 11.3 Å². The lowest BCUT2D eigenvalue weighted by Gasteiger charge is -2.28. The molecule has 1 rings (SSSR count). The summed E-state index contributed by atoms with van der Waals surface area (Å²) in [5.41, 5.74) is 1.49. The first-order valence-electron chi connectivity index (χ1n) is 5.30. The lowest BCUT2D eigenvalue weighted by molar-refractivity contribution is -0.125. The molecule has 0 bridgehead atoms. The van der Waals surface area contributed by atoms with Crippen LogP contribution in [0.4, 0.5) is 5.69 Å². The lowest BCUT2D eigenvalue weighted by atomic mass is 9.94. The third kappa shape index (κ3) is 2.56. The second-order valence-electron chi connectivity index (χ2n) is 4.67. The zero-order chi connectivity index (χ0) is 12.3. The number of para-hydroxylation sites is 1. The molecule has 2 nitrogen and oxygen atoms in total. The Hall–Kier alpha value is -1.02. The molecule has 3 heteroatoms. The van der Waals surface area contributed by atoms with Crippen LogP contribution >= 0.6 is 11.6 Å². The van der Waals surface area contributed by atoms with E-state index in [4.69, 9.17) is 11.6 Å². The Balaban J connectivity index is 3.00. The average molecular weight is 240 g/mol. The van der Waals surface area contributed by atoms with Crippen molar-refractivity contribution in [2.45, 2.75) is 20.8 Å². The highest BCUT2D eigenvalue weighted by Crippen LogP contribution is 2.25. The number of benzene rings is 1. The number of rotatable bonds is 3. The fourth-order valence-electron chi connectivity index (χ4n) is 1.56. The number of alkyl halides is 1. The van der Waals surface area contributed by atoms with E-state index in [2.05, 4.69) is 0 Å². The third-order valence-electron chi connectivity index (χ3n) is 2.69. The van der Waals surface area contributed by atoms with Gasteiger partial charge < -0.3 is 4.90 Å². The molecule has 0 aromatic heterocycles. The minimum absolute atomic E-state index is 0.0387. The summed E-state index contributed by atoms with van der Waals surface area (Å²) < 4.78 is 0. The van der Waals surface area contributed by atoms with Gasteiger partial charge in [0, 0.05) is 18.6 Å². The van der Waals surface area contributed by atoms with Crippen LogP contribution in [-0.2, 0) is 4.79 Å². The predicted molar refractivity (Wildman–Crippen MR) is 69.1 cm³/mol. The molecule has 16 heavy (non-hydrogen) atoms. The molecule has 0 unspecified atom stereocenters. The van der Waals surface area contributed by atoms with E-state index in [9.17, 15) is 4.79 Å². The van der Waals surface area contributed by atoms with Gasteiger partial charge in [0.15, 0.2) is 0 Å². The summed E-state index contributed by atoms with van der Waals surface area (Å²) in [6.07, 6.45) is 0. The van der Waals surface area contributed by atoms with Crippen LogP contribution in [0.1, 0.15) is 19.4 Å². The van der Waals surface area contributed by atoms with Crippen LogP contribution in [0.2, 0.25) is 0 Å². The number of carbonyl (C=O) groups excluding carboxylic acids is 1. The normalized spacial score (nSPS) is 11.3. The number of anilines is 1. The van der Waals surface area contributed by atoms with Crippen molar-refractivity contribution in [3.05, 3.63) is 29.8 Å². The van der Waals surface area contributed by atoms with Crippen LogP contribution in [0.5, 0.6) is 0 Å². The summed E-state index contributed by atoms with van der Waals surface area (Å²) in [5.74, 6) is 0.360. The Morgan fingerprint density at radius 1 is 1.38 bits per heavy atom. The topological polar surface area (TPSA) is 20.3 Å². The molecular formula is C13H18ClNO. The number of halogens is 1. The smallest absolute Gasteiger partial charge is 0.233 e. The second kappa shape index (κ2) is 4.88. The van der Waals surface area contributed by atoms with Crippen LogP contribution < -0.4 is 4.90 Å². The maximum Gasteiger partial charge on any atom is 0.233 e. The van der Waals surface area contributed by atoms with Gasteiger partial charge in [-0.1, -0.05) is 18.2 Å². The molecule has 0 saturated carbocycles. The highest BCUT2D eigenvalue weighted by atomic mass is 35.5. The number of carbonyl (C=O) groups is 1. The Kier molecular flexibility index (Phi) is 3.98. The summed E-state index contributed by atoms with van der Waals surface area (Å²) in [7, 11) is 1.79. The van der Waals surface area contributed by atoms with Crippen molar-refractivity contribution in [1.82, 2.24) is 0 Å². The van der Waals surface area contributed by atoms with Crippen molar-refractivity contribution in [1.29, 1.82) is 0 Å². The van der Waals surface area contributed by atoms with Crippen LogP contribution in [-0.4, -0.2) is 18.8 Å². The molecule has 1 aromatic rings. The minimum atomic E-state index is -0.529. The van der Waals surface area contributed by atoms with E-state index in [1.807, 2.05) is 45.0 Å². The molecule has 0 heterocycles. The van der Waals surface area contributed by atoms with E-state index < -0.39 is 5.41 Å². The molecule has 0 N–H and O–H groups in total. The zero-order valence-electron chi connectivity index (χ0n) is 10.2. The van der Waals surface area contributed by atoms with Crippen molar-refractivity contribution in [2.75, 3.05) is 17.8 Å². The van der Waals surface area contributed by atoms with Crippen molar-refractivity contribution in [2.24, 2.45) is 5.41 Å². The van der Waals surface area contributed by atoms with Crippen molar-refractivity contribution in [3.63, 3.8) is 0 Å². The minimum Gasteiger partial charge on any atom is -0.315 e. The quantitative estimate of drug-likeness (QED) is 0.742. The number of nitrogens with zero attached hydrogens (tertiary/aromatic N) is 1. The van der Waals surface area contributed by atoms with Gasteiger partial charge in [0.25, 0.3) is 0 Å². The first kappa shape index (κ1) is 13.0. The van der Waals surface area contributed by atoms with Gasteiger partial charge in [-0.3, -0.25) is 4.79 Å². The molecule has 0 saturated heterocycles. The monoisotopic (exact) mass is 239 g/mol. The van der Waals surface area contributed by atoms with E-state index in [0.29, 0.717) is 5.88 Å². The van der Waals surface area contributed by atoms with Gasteiger partial charge in [0.2, 0.25) is 5.91 Å². The molecule has 88 valence electrons. The zero-order valence-corrected chi connectivity index (χ0v) is 11.0. The fraction of sp³-hybridized carbons (Fsp3) is 0.462. The number of aryl methyl sites for hydroxylation is 1. The molecule has 0 radical (unpaired) electrons. The fourth-order valence-corrected chi connectivity index (χ4v) is 1.67. The van der Waals surface area contributed by atoms with Gasteiger partial charge in [-0.2, -0.15) is 0 Å². The largest absolute Gasteiger partial charge is 0.315 e. The predicted octanol–water partition coefficient (Wildman–Crippen LogP) is 3.22. The SMILES string of the molecule is Cc1ccccc1N(C)C(=O)C(C)(C)CCl. The maximum absolute atomic E-state index is 12.2. The van der Waals surface area contributed by atoms with Gasteiger partial charge in [-0.05, 0) is 32.4 Å². The Morgan fingerprint density at radius 3 is 2.44 bits per heavy atom. The molecule has 0 atom stereocenters. The van der Waals surface area contributed by atoms with Crippen LogP contribution in [0, 0.1) is 12.3 Å². The lowest BCUT2D eigenvalue weighted by Crippen LogP contribution is -2.39. The first-order chi connectivity index (χ1) is 7.40. The van der Waals surface area contributed by atoms with Crippen molar-refractivity contribution in [3.8, 4) is 0 Å². The number of amides is 1. The summed E-state index contributed by atoms with van der Waals surface area (Å²) >= 11 is 5.81. The summed E-state index contributed by atoms with van der Waals surface area (Å²) in [6, 6.07) is 7.83. The summed E-state index contributed by atoms with van der Waals surface area (Å²) in [4.78, 5) is 13.9. The second-order valence-corrected chi connectivity index (χ2v) is 4.94. The third-order valence-corrected chi connectivity index (χ3v) is 3.36. The number of hydrogen-bond acceptors (Lipinski definition) is 1. The molecule has 0 aliphatic carbocycles. The van der Waals surface area contributed by atoms with Crippen LogP contribution in [0.25, 0.3) is 0 Å². The summed E-state index contributed by atoms with van der Waals surface area (Å²) in [5, 5.41) is 0. The average Bonchev–Trinajstić information content (AvgIpc) is 2.27. The van der Waals surface area contributed by atoms with E-state index in [1.165, 1.54) is 0 Å². The van der Waals surface area contributed by atoms with Gasteiger partial charge in [0.1, 0.15) is 0 Å². The van der Waals surface area contributed by atoms with E-state index >= 15 is 0 Å². The Bertz CT molecular complexity index is 387. The molecule has 1 aromatic carbocycles. The van der Waals surface area contributed by atoms with Crippen molar-refractivity contribution >= 4 is 23.2 Å². The highest BCUT2D eigenvalue weighted by molar-refractivity contribution is 6.20. The van der Waals surface area contributed by atoms with Crippen LogP contribution in [0.15, 0.2) is 24.3 Å².